The number of amides is 1. The quantitative estimate of drug-likeness (QED) is 0.897. The van der Waals surface area contributed by atoms with Crippen LogP contribution in [0.15, 0.2) is 12.5 Å². The van der Waals surface area contributed by atoms with Crippen LogP contribution in [0.3, 0.4) is 0 Å². The van der Waals surface area contributed by atoms with Crippen molar-refractivity contribution in [1.29, 1.82) is 0 Å². The van der Waals surface area contributed by atoms with Gasteiger partial charge in [-0.2, -0.15) is 0 Å². The van der Waals surface area contributed by atoms with Crippen molar-refractivity contribution < 1.29 is 9.53 Å². The molecule has 1 amide bonds. The second-order valence-electron chi connectivity index (χ2n) is 5.40. The number of nitrogens with one attached hydrogen (secondary N) is 1. The lowest BCUT2D eigenvalue weighted by Crippen LogP contribution is -2.32. The van der Waals surface area contributed by atoms with Crippen molar-refractivity contribution in [3.8, 4) is 0 Å². The van der Waals surface area contributed by atoms with E-state index in [1.165, 1.54) is 0 Å². The van der Waals surface area contributed by atoms with Gasteiger partial charge in [-0.15, -0.1) is 0 Å². The first kappa shape index (κ1) is 14.5. The highest BCUT2D eigenvalue weighted by Gasteiger charge is 2.16. The molecule has 0 aromatic carbocycles. The molecule has 1 atom stereocenters. The van der Waals surface area contributed by atoms with Gasteiger partial charge in [-0.25, -0.2) is 9.78 Å². The van der Waals surface area contributed by atoms with Crippen LogP contribution in [0.1, 0.15) is 52.8 Å². The molecule has 0 aliphatic rings. The van der Waals surface area contributed by atoms with Gasteiger partial charge in [0.25, 0.3) is 0 Å². The second kappa shape index (κ2) is 5.89. The van der Waals surface area contributed by atoms with Crippen molar-refractivity contribution >= 4 is 6.09 Å². The first-order chi connectivity index (χ1) is 8.33. The average molecular weight is 253 g/mol. The molecule has 0 bridgehead atoms. The zero-order valence-electron chi connectivity index (χ0n) is 11.9. The molecule has 0 aliphatic heterocycles. The molecule has 0 fully saturated rings. The highest BCUT2D eigenvalue weighted by atomic mass is 16.6. The van der Waals surface area contributed by atoms with Gasteiger partial charge in [0.05, 0.1) is 18.6 Å². The van der Waals surface area contributed by atoms with Gasteiger partial charge in [-0.3, -0.25) is 0 Å². The van der Waals surface area contributed by atoms with Crippen LogP contribution < -0.4 is 5.32 Å². The van der Waals surface area contributed by atoms with Gasteiger partial charge in [0, 0.05) is 12.2 Å². The summed E-state index contributed by atoms with van der Waals surface area (Å²) in [5, 5.41) is 2.74. The van der Waals surface area contributed by atoms with Crippen LogP contribution in [-0.4, -0.2) is 21.2 Å². The molecule has 0 saturated carbocycles. The lowest BCUT2D eigenvalue weighted by atomic mass is 10.2. The van der Waals surface area contributed by atoms with Gasteiger partial charge >= 0.3 is 6.09 Å². The maximum atomic E-state index is 11.5. The molecular weight excluding hydrogens is 230 g/mol. The molecule has 5 heteroatoms. The Bertz CT molecular complexity index is 393. The summed E-state index contributed by atoms with van der Waals surface area (Å²) in [6, 6.07) is 0.378. The van der Waals surface area contributed by atoms with E-state index in [1.54, 1.807) is 12.5 Å². The van der Waals surface area contributed by atoms with Crippen molar-refractivity contribution in [2.24, 2.45) is 0 Å². The number of rotatable bonds is 4. The molecule has 1 unspecified atom stereocenters. The van der Waals surface area contributed by atoms with Gasteiger partial charge in [0.1, 0.15) is 5.60 Å². The topological polar surface area (TPSA) is 56.2 Å². The third-order valence-electron chi connectivity index (χ3n) is 2.62. The molecule has 5 nitrogen and oxygen atoms in total. The van der Waals surface area contributed by atoms with E-state index < -0.39 is 11.7 Å². The van der Waals surface area contributed by atoms with Crippen LogP contribution in [0, 0.1) is 0 Å². The number of ether oxygens (including phenoxy) is 1. The molecule has 18 heavy (non-hydrogen) atoms. The van der Waals surface area contributed by atoms with Gasteiger partial charge in [-0.05, 0) is 34.1 Å². The summed E-state index contributed by atoms with van der Waals surface area (Å²) in [5.74, 6) is 0. The van der Waals surface area contributed by atoms with E-state index in [9.17, 15) is 4.79 Å². The number of nitrogens with zero attached hydrogens (tertiary/aromatic N) is 2. The molecule has 0 aliphatic carbocycles. The first-order valence-corrected chi connectivity index (χ1v) is 6.31. The van der Waals surface area contributed by atoms with Gasteiger partial charge in [0.2, 0.25) is 0 Å². The smallest absolute Gasteiger partial charge is 0.407 e. The van der Waals surface area contributed by atoms with Crippen molar-refractivity contribution in [1.82, 2.24) is 14.9 Å². The Morgan fingerprint density at radius 1 is 1.56 bits per heavy atom. The van der Waals surface area contributed by atoms with Crippen LogP contribution in [-0.2, 0) is 11.3 Å². The Hall–Kier alpha value is -1.52. The highest BCUT2D eigenvalue weighted by molar-refractivity contribution is 5.67. The number of carbonyl (C=O) groups excluding carboxylic acids is 1. The lowest BCUT2D eigenvalue weighted by Gasteiger charge is -2.20. The van der Waals surface area contributed by atoms with Gasteiger partial charge in [0.15, 0.2) is 0 Å². The van der Waals surface area contributed by atoms with Crippen LogP contribution in [0.2, 0.25) is 0 Å². The molecular formula is C13H23N3O2. The molecule has 0 saturated heterocycles. The van der Waals surface area contributed by atoms with Crippen LogP contribution in [0.25, 0.3) is 0 Å². The standard InChI is InChI=1S/C13H23N3O2/c1-6-10(2)16-9-14-7-11(16)8-15-12(17)18-13(3,4)5/h7,9-10H,6,8H2,1-5H3,(H,15,17). The van der Waals surface area contributed by atoms with Gasteiger partial charge in [-0.1, -0.05) is 6.92 Å². The highest BCUT2D eigenvalue weighted by Crippen LogP contribution is 2.13. The minimum absolute atomic E-state index is 0.378. The second-order valence-corrected chi connectivity index (χ2v) is 5.40. The van der Waals surface area contributed by atoms with Crippen LogP contribution in [0.4, 0.5) is 4.79 Å². The van der Waals surface area contributed by atoms with Crippen LogP contribution >= 0.6 is 0 Å². The fourth-order valence-electron chi connectivity index (χ4n) is 1.54. The summed E-state index contributed by atoms with van der Waals surface area (Å²) in [5.41, 5.74) is 0.510. The molecule has 0 spiro atoms. The van der Waals surface area contributed by atoms with E-state index in [0.717, 1.165) is 12.1 Å². The molecule has 102 valence electrons. The molecule has 0 radical (unpaired) electrons. The van der Waals surface area contributed by atoms with Crippen LogP contribution in [0.5, 0.6) is 0 Å². The lowest BCUT2D eigenvalue weighted by molar-refractivity contribution is 0.0522. The first-order valence-electron chi connectivity index (χ1n) is 6.31. The normalized spacial score (nSPS) is 13.2. The van der Waals surface area contributed by atoms with Crippen molar-refractivity contribution in [3.63, 3.8) is 0 Å². The Morgan fingerprint density at radius 2 is 2.22 bits per heavy atom. The third kappa shape index (κ3) is 4.39. The maximum absolute atomic E-state index is 11.5. The maximum Gasteiger partial charge on any atom is 0.407 e. The number of hydrogen-bond donors (Lipinski definition) is 1. The van der Waals surface area contributed by atoms with E-state index in [-0.39, 0.29) is 0 Å². The van der Waals surface area contributed by atoms with E-state index >= 15 is 0 Å². The number of hydrogen-bond acceptors (Lipinski definition) is 3. The van der Waals surface area contributed by atoms with E-state index in [0.29, 0.717) is 12.6 Å². The summed E-state index contributed by atoms with van der Waals surface area (Å²) < 4.78 is 7.25. The predicted molar refractivity (Wildman–Crippen MR) is 70.3 cm³/mol. The van der Waals surface area contributed by atoms with Crippen molar-refractivity contribution in [3.05, 3.63) is 18.2 Å². The third-order valence-corrected chi connectivity index (χ3v) is 2.62. The van der Waals surface area contributed by atoms with E-state index in [1.807, 2.05) is 20.8 Å². The molecule has 1 rings (SSSR count). The van der Waals surface area contributed by atoms with Crippen molar-refractivity contribution in [2.75, 3.05) is 0 Å². The minimum atomic E-state index is -0.471. The zero-order valence-corrected chi connectivity index (χ0v) is 11.9. The molecule has 1 heterocycles. The van der Waals surface area contributed by atoms with Gasteiger partial charge < -0.3 is 14.6 Å². The Kier molecular flexibility index (Phi) is 4.76. The summed E-state index contributed by atoms with van der Waals surface area (Å²) >= 11 is 0. The fourth-order valence-corrected chi connectivity index (χ4v) is 1.54. The monoisotopic (exact) mass is 253 g/mol. The minimum Gasteiger partial charge on any atom is -0.444 e. The van der Waals surface area contributed by atoms with E-state index in [2.05, 4.69) is 28.7 Å². The number of imidazole rings is 1. The largest absolute Gasteiger partial charge is 0.444 e. The SMILES string of the molecule is CCC(C)n1cncc1CNC(=O)OC(C)(C)C. The predicted octanol–water partition coefficient (Wildman–Crippen LogP) is 2.88. The fraction of sp³-hybridized carbons (Fsp3) is 0.692. The number of alkyl carbamates (subject to hydrolysis) is 1. The molecule has 1 aromatic rings. The number of aromatic nitrogens is 2. The zero-order chi connectivity index (χ0) is 13.8. The molecule has 1 N–H and O–H groups in total. The Balaban J connectivity index is 2.54. The Morgan fingerprint density at radius 3 is 2.78 bits per heavy atom. The summed E-state index contributed by atoms with van der Waals surface area (Å²) in [6.45, 7) is 10.2. The molecule has 1 aromatic heterocycles. The summed E-state index contributed by atoms with van der Waals surface area (Å²) in [7, 11) is 0. The Labute approximate surface area is 109 Å². The number of carbonyl (C=O) groups is 1. The average Bonchev–Trinajstić information content (AvgIpc) is 2.71. The summed E-state index contributed by atoms with van der Waals surface area (Å²) in [4.78, 5) is 15.7. The van der Waals surface area contributed by atoms with Crippen molar-refractivity contribution in [2.45, 2.75) is 59.2 Å². The van der Waals surface area contributed by atoms with E-state index in [4.69, 9.17) is 4.74 Å². The summed E-state index contributed by atoms with van der Waals surface area (Å²) in [6.07, 6.45) is 4.18.